The average molecular weight is 303 g/mol. The van der Waals surface area contributed by atoms with Crippen LogP contribution in [0.3, 0.4) is 0 Å². The quantitative estimate of drug-likeness (QED) is 0.477. The summed E-state index contributed by atoms with van der Waals surface area (Å²) in [6.07, 6.45) is 1.32. The van der Waals surface area contributed by atoms with Gasteiger partial charge in [0, 0.05) is 13.1 Å². The van der Waals surface area contributed by atoms with Crippen LogP contribution in [0.4, 0.5) is 5.69 Å². The molecule has 1 fully saturated rings. The molecule has 0 atom stereocenters. The van der Waals surface area contributed by atoms with Gasteiger partial charge in [0.25, 0.3) is 0 Å². The van der Waals surface area contributed by atoms with E-state index >= 15 is 0 Å². The van der Waals surface area contributed by atoms with E-state index in [4.69, 9.17) is 4.74 Å². The first-order valence-corrected chi connectivity index (χ1v) is 6.88. The Morgan fingerprint density at radius 2 is 1.91 bits per heavy atom. The van der Waals surface area contributed by atoms with E-state index in [1.807, 2.05) is 18.2 Å². The number of nitro groups is 1. The molecule has 0 aliphatic carbocycles. The number of morpholine rings is 1. The summed E-state index contributed by atoms with van der Waals surface area (Å²) < 4.78 is 5.19. The van der Waals surface area contributed by atoms with Gasteiger partial charge in [0.15, 0.2) is 0 Å². The van der Waals surface area contributed by atoms with E-state index in [0.29, 0.717) is 32.0 Å². The molecule has 0 unspecified atom stereocenters. The third kappa shape index (κ3) is 2.68. The van der Waals surface area contributed by atoms with E-state index in [1.54, 1.807) is 17.0 Å². The van der Waals surface area contributed by atoms with Crippen molar-refractivity contribution in [3.05, 3.63) is 63.9 Å². The van der Waals surface area contributed by atoms with Crippen molar-refractivity contribution in [2.45, 2.75) is 0 Å². The molecule has 1 aromatic carbocycles. The van der Waals surface area contributed by atoms with Crippen molar-refractivity contribution in [3.8, 4) is 0 Å². The van der Waals surface area contributed by atoms with Crippen LogP contribution in [-0.4, -0.2) is 36.1 Å². The van der Waals surface area contributed by atoms with Crippen molar-refractivity contribution in [2.75, 3.05) is 31.3 Å². The fourth-order valence-electron chi connectivity index (χ4n) is 2.34. The van der Waals surface area contributed by atoms with Gasteiger partial charge >= 0.3 is 5.70 Å². The van der Waals surface area contributed by atoms with Gasteiger partial charge in [-0.2, -0.15) is 0 Å². The number of nitrogens with one attached hydrogen (secondary N) is 1. The van der Waals surface area contributed by atoms with Crippen molar-refractivity contribution >= 4 is 5.69 Å². The molecular weight excluding hydrogens is 288 g/mol. The Hall–Kier alpha value is -2.74. The molecule has 1 aromatic rings. The van der Waals surface area contributed by atoms with Gasteiger partial charge in [0.2, 0.25) is 0 Å². The zero-order valence-electron chi connectivity index (χ0n) is 11.8. The number of anilines is 1. The Labute approximate surface area is 127 Å². The van der Waals surface area contributed by atoms with Crippen LogP contribution in [0.25, 0.3) is 0 Å². The fourth-order valence-corrected chi connectivity index (χ4v) is 2.34. The Kier molecular flexibility index (Phi) is 3.84. The highest BCUT2D eigenvalue weighted by molar-refractivity contribution is 5.53. The van der Waals surface area contributed by atoms with Gasteiger partial charge in [0.1, 0.15) is 11.9 Å². The minimum atomic E-state index is -0.552. The van der Waals surface area contributed by atoms with Crippen LogP contribution in [0.5, 0.6) is 0 Å². The molecule has 8 heteroatoms. The van der Waals surface area contributed by atoms with E-state index in [-0.39, 0.29) is 17.3 Å². The maximum atomic E-state index is 12.5. The van der Waals surface area contributed by atoms with E-state index in [1.165, 1.54) is 11.2 Å². The van der Waals surface area contributed by atoms with Crippen molar-refractivity contribution in [1.82, 2.24) is 10.3 Å². The molecule has 0 bridgehead atoms. The zero-order valence-corrected chi connectivity index (χ0v) is 11.8. The summed E-state index contributed by atoms with van der Waals surface area (Å²) in [5.41, 5.74) is 3.28. The molecule has 0 amide bonds. The Morgan fingerprint density at radius 3 is 2.55 bits per heavy atom. The smallest absolute Gasteiger partial charge is 0.313 e. The Morgan fingerprint density at radius 1 is 1.23 bits per heavy atom. The molecule has 0 saturated carbocycles. The van der Waals surface area contributed by atoms with Crippen LogP contribution in [0.15, 0.2) is 53.8 Å². The number of rotatable bonds is 3. The van der Waals surface area contributed by atoms with Crippen LogP contribution in [0.1, 0.15) is 0 Å². The molecule has 116 valence electrons. The molecule has 3 rings (SSSR count). The molecule has 2 heterocycles. The number of para-hydroxylation sites is 1. The first kappa shape index (κ1) is 14.2. The highest BCUT2D eigenvalue weighted by atomic mass is 16.6. The molecule has 0 radical (unpaired) electrons. The summed E-state index contributed by atoms with van der Waals surface area (Å²) in [4.78, 5) is 12.2. The maximum absolute atomic E-state index is 12.5. The SMILES string of the molecule is O=[N+]([O-])C1=CN(c2ccccc2)NC1=C([O-])N1CCOCC1. The lowest BCUT2D eigenvalue weighted by Crippen LogP contribution is -2.42. The Bertz CT molecular complexity index is 623. The van der Waals surface area contributed by atoms with Gasteiger partial charge in [-0.1, -0.05) is 18.2 Å². The molecule has 0 aromatic heterocycles. The summed E-state index contributed by atoms with van der Waals surface area (Å²) in [5.74, 6) is -0.385. The van der Waals surface area contributed by atoms with Crippen molar-refractivity contribution < 1.29 is 14.8 Å². The first-order valence-electron chi connectivity index (χ1n) is 6.88. The fraction of sp³-hybridized carbons (Fsp3) is 0.286. The predicted molar refractivity (Wildman–Crippen MR) is 76.6 cm³/mol. The number of benzene rings is 1. The zero-order chi connectivity index (χ0) is 15.5. The van der Waals surface area contributed by atoms with Gasteiger partial charge in [-0.05, 0) is 18.0 Å². The molecule has 1 N–H and O–H groups in total. The minimum absolute atomic E-state index is 0.0178. The summed E-state index contributed by atoms with van der Waals surface area (Å²) in [6.45, 7) is 1.75. The maximum Gasteiger partial charge on any atom is 0.313 e. The van der Waals surface area contributed by atoms with Crippen LogP contribution in [0, 0.1) is 10.1 Å². The van der Waals surface area contributed by atoms with E-state index in [9.17, 15) is 15.2 Å². The Balaban J connectivity index is 1.91. The lowest BCUT2D eigenvalue weighted by Gasteiger charge is -2.35. The van der Waals surface area contributed by atoms with E-state index in [2.05, 4.69) is 5.43 Å². The normalized spacial score (nSPS) is 20.5. The van der Waals surface area contributed by atoms with Crippen LogP contribution >= 0.6 is 0 Å². The third-order valence-electron chi connectivity index (χ3n) is 3.48. The average Bonchev–Trinajstić information content (AvgIpc) is 3.01. The van der Waals surface area contributed by atoms with Crippen LogP contribution < -0.4 is 15.5 Å². The molecule has 2 aliphatic heterocycles. The number of ether oxygens (including phenoxy) is 1. The van der Waals surface area contributed by atoms with Crippen molar-refractivity contribution in [3.63, 3.8) is 0 Å². The first-order chi connectivity index (χ1) is 10.7. The molecule has 2 aliphatic rings. The van der Waals surface area contributed by atoms with E-state index in [0.717, 1.165) is 0 Å². The summed E-state index contributed by atoms with van der Waals surface area (Å²) in [6, 6.07) is 9.07. The summed E-state index contributed by atoms with van der Waals surface area (Å²) in [7, 11) is 0. The van der Waals surface area contributed by atoms with Crippen LogP contribution in [-0.2, 0) is 4.74 Å². The second kappa shape index (κ2) is 5.94. The van der Waals surface area contributed by atoms with Gasteiger partial charge in [-0.15, -0.1) is 0 Å². The number of hydrazine groups is 1. The molecule has 22 heavy (non-hydrogen) atoms. The highest BCUT2D eigenvalue weighted by Gasteiger charge is 2.30. The minimum Gasteiger partial charge on any atom is -0.859 e. The van der Waals surface area contributed by atoms with E-state index < -0.39 is 4.92 Å². The second-order valence-electron chi connectivity index (χ2n) is 4.87. The molecule has 1 saturated heterocycles. The largest absolute Gasteiger partial charge is 0.859 e. The second-order valence-corrected chi connectivity index (χ2v) is 4.87. The lowest BCUT2D eigenvalue weighted by atomic mass is 10.3. The number of hydrogen-bond donors (Lipinski definition) is 1. The third-order valence-corrected chi connectivity index (χ3v) is 3.48. The van der Waals surface area contributed by atoms with Crippen molar-refractivity contribution in [2.24, 2.45) is 0 Å². The molecule has 8 nitrogen and oxygen atoms in total. The summed E-state index contributed by atoms with van der Waals surface area (Å²) >= 11 is 0. The van der Waals surface area contributed by atoms with Gasteiger partial charge in [0.05, 0.1) is 23.8 Å². The van der Waals surface area contributed by atoms with Gasteiger partial charge in [-0.25, -0.2) is 0 Å². The van der Waals surface area contributed by atoms with Crippen molar-refractivity contribution in [1.29, 1.82) is 0 Å². The molecule has 0 spiro atoms. The topological polar surface area (TPSA) is 93.9 Å². The van der Waals surface area contributed by atoms with Crippen LogP contribution in [0.2, 0.25) is 0 Å². The van der Waals surface area contributed by atoms with Gasteiger partial charge in [-0.3, -0.25) is 20.5 Å². The van der Waals surface area contributed by atoms with Gasteiger partial charge < -0.3 is 14.7 Å². The highest BCUT2D eigenvalue weighted by Crippen LogP contribution is 2.24. The lowest BCUT2D eigenvalue weighted by molar-refractivity contribution is -0.423. The summed E-state index contributed by atoms with van der Waals surface area (Å²) in [5, 5.41) is 25.2. The standard InChI is InChI=1S/C14H16N4O4/c19-14(16-6-8-22-9-7-16)13-12(18(20)21)10-17(15-13)11-4-2-1-3-5-11/h1-5,10,15,19H,6-9H2/p-1. The monoisotopic (exact) mass is 303 g/mol. The molecular formula is C14H15N4O4-. The number of hydrogen-bond acceptors (Lipinski definition) is 7. The predicted octanol–water partition coefficient (Wildman–Crippen LogP) is -0.00910. The number of nitrogens with zero attached hydrogens (tertiary/aromatic N) is 3.